The van der Waals surface area contributed by atoms with Gasteiger partial charge in [-0.15, -0.1) is 0 Å². The van der Waals surface area contributed by atoms with Crippen LogP contribution in [-0.4, -0.2) is 49.3 Å². The number of carbonyl (C=O) groups excluding carboxylic acids is 1. The molecule has 1 atom stereocenters. The first-order valence-corrected chi connectivity index (χ1v) is 11.2. The molecule has 0 aliphatic carbocycles. The van der Waals surface area contributed by atoms with E-state index in [0.29, 0.717) is 12.5 Å². The third-order valence-corrected chi connectivity index (χ3v) is 6.89. The number of nitrogens with two attached hydrogens (primary N) is 1. The highest BCUT2D eigenvalue weighted by Gasteiger charge is 2.40. The zero-order valence-corrected chi connectivity index (χ0v) is 18.3. The molecule has 3 rings (SSSR count). The average molecular weight is 454 g/mol. The predicted molar refractivity (Wildman–Crippen MR) is 112 cm³/mol. The van der Waals surface area contributed by atoms with Crippen molar-refractivity contribution in [1.82, 2.24) is 9.97 Å². The Morgan fingerprint density at radius 3 is 2.65 bits per heavy atom. The van der Waals surface area contributed by atoms with Crippen molar-refractivity contribution in [2.75, 3.05) is 23.3 Å². The number of nitrogens with one attached hydrogen (secondary N) is 1. The number of pyridine rings is 2. The van der Waals surface area contributed by atoms with Crippen LogP contribution in [-0.2, 0) is 9.84 Å². The highest BCUT2D eigenvalue weighted by molar-refractivity contribution is 7.91. The van der Waals surface area contributed by atoms with Gasteiger partial charge in [-0.25, -0.2) is 27.2 Å². The number of aromatic nitrogens is 2. The first kappa shape index (κ1) is 22.9. The Hall–Kier alpha value is -2.82. The second kappa shape index (κ2) is 8.37. The molecule has 0 radical (unpaired) electrons. The summed E-state index contributed by atoms with van der Waals surface area (Å²) < 4.78 is 51.6. The monoisotopic (exact) mass is 453 g/mol. The largest absolute Gasteiger partial charge is 0.365 e. The first-order valence-electron chi connectivity index (χ1n) is 9.74. The SMILES string of the molecule is CC1CN(c2nccc(S(=O)(=O)c3cccc(NCC(F)F)n3)c2C(N)=O)C(C)(C)C1. The summed E-state index contributed by atoms with van der Waals surface area (Å²) in [5, 5.41) is 1.99. The summed E-state index contributed by atoms with van der Waals surface area (Å²) in [5.74, 6) is -0.429. The van der Waals surface area contributed by atoms with Gasteiger partial charge in [0.1, 0.15) is 17.2 Å². The minimum atomic E-state index is -4.28. The molecule has 11 heteroatoms. The lowest BCUT2D eigenvalue weighted by Gasteiger charge is -2.33. The first-order chi connectivity index (χ1) is 14.4. The van der Waals surface area contributed by atoms with E-state index in [-0.39, 0.29) is 32.7 Å². The maximum absolute atomic E-state index is 13.3. The smallest absolute Gasteiger partial charge is 0.255 e. The van der Waals surface area contributed by atoms with Gasteiger partial charge in [-0.05, 0) is 44.4 Å². The lowest BCUT2D eigenvalue weighted by molar-refractivity contribution is 0.0997. The van der Waals surface area contributed by atoms with Crippen LogP contribution in [0.15, 0.2) is 40.4 Å². The Kier molecular flexibility index (Phi) is 6.17. The average Bonchev–Trinajstić information content (AvgIpc) is 2.97. The van der Waals surface area contributed by atoms with E-state index in [0.717, 1.165) is 6.42 Å². The molecule has 8 nitrogen and oxygen atoms in total. The van der Waals surface area contributed by atoms with Crippen molar-refractivity contribution in [3.05, 3.63) is 36.0 Å². The molecule has 1 amide bonds. The van der Waals surface area contributed by atoms with Gasteiger partial charge in [0.15, 0.2) is 5.03 Å². The van der Waals surface area contributed by atoms with Crippen molar-refractivity contribution in [1.29, 1.82) is 0 Å². The van der Waals surface area contributed by atoms with Crippen LogP contribution in [0, 0.1) is 5.92 Å². The molecule has 0 saturated carbocycles. The fourth-order valence-electron chi connectivity index (χ4n) is 4.01. The number of sulfone groups is 1. The van der Waals surface area contributed by atoms with Gasteiger partial charge < -0.3 is 16.0 Å². The summed E-state index contributed by atoms with van der Waals surface area (Å²) in [5.41, 5.74) is 5.04. The number of amides is 1. The number of nitrogens with zero attached hydrogens (tertiary/aromatic N) is 3. The molecule has 1 saturated heterocycles. The molecular formula is C20H25F2N5O3S. The van der Waals surface area contributed by atoms with Crippen LogP contribution in [0.5, 0.6) is 0 Å². The second-order valence-electron chi connectivity index (χ2n) is 8.24. The number of halogens is 2. The molecule has 1 aliphatic heterocycles. The van der Waals surface area contributed by atoms with Gasteiger partial charge in [0.2, 0.25) is 9.84 Å². The number of alkyl halides is 2. The summed E-state index contributed by atoms with van der Waals surface area (Å²) in [6.45, 7) is 5.96. The molecule has 3 heterocycles. The van der Waals surface area contributed by atoms with Gasteiger partial charge in [-0.1, -0.05) is 13.0 Å². The fourth-order valence-corrected chi connectivity index (χ4v) is 5.41. The van der Waals surface area contributed by atoms with E-state index in [2.05, 4.69) is 22.2 Å². The summed E-state index contributed by atoms with van der Waals surface area (Å²) in [4.78, 5) is 22.2. The van der Waals surface area contributed by atoms with E-state index in [1.165, 1.54) is 30.5 Å². The second-order valence-corrected chi connectivity index (χ2v) is 10.1. The quantitative estimate of drug-likeness (QED) is 0.662. The lowest BCUT2D eigenvalue weighted by Crippen LogP contribution is -2.40. The number of carbonyl (C=O) groups is 1. The molecule has 1 aliphatic rings. The van der Waals surface area contributed by atoms with E-state index in [1.54, 1.807) is 0 Å². The molecule has 2 aromatic rings. The van der Waals surface area contributed by atoms with Crippen LogP contribution in [0.3, 0.4) is 0 Å². The Labute approximate surface area is 179 Å². The molecule has 0 bridgehead atoms. The summed E-state index contributed by atoms with van der Waals surface area (Å²) in [6.07, 6.45) is -0.479. The van der Waals surface area contributed by atoms with Crippen LogP contribution in [0.2, 0.25) is 0 Å². The maximum Gasteiger partial charge on any atom is 0.255 e. The van der Waals surface area contributed by atoms with Gasteiger partial charge in [0, 0.05) is 18.3 Å². The van der Waals surface area contributed by atoms with Crippen molar-refractivity contribution in [2.45, 2.75) is 49.1 Å². The number of rotatable bonds is 7. The fraction of sp³-hybridized carbons (Fsp3) is 0.450. The molecule has 2 aromatic heterocycles. The molecule has 1 unspecified atom stereocenters. The van der Waals surface area contributed by atoms with E-state index in [9.17, 15) is 22.0 Å². The molecule has 0 spiro atoms. The molecule has 168 valence electrons. The van der Waals surface area contributed by atoms with E-state index in [4.69, 9.17) is 5.73 Å². The molecule has 3 N–H and O–H groups in total. The van der Waals surface area contributed by atoms with Crippen molar-refractivity contribution < 1.29 is 22.0 Å². The Bertz CT molecular complexity index is 1090. The van der Waals surface area contributed by atoms with Crippen molar-refractivity contribution in [3.63, 3.8) is 0 Å². The van der Waals surface area contributed by atoms with Crippen LogP contribution in [0.1, 0.15) is 37.6 Å². The Morgan fingerprint density at radius 2 is 2.06 bits per heavy atom. The van der Waals surface area contributed by atoms with Crippen LogP contribution < -0.4 is 16.0 Å². The maximum atomic E-state index is 13.3. The van der Waals surface area contributed by atoms with Crippen molar-refractivity contribution >= 4 is 27.4 Å². The van der Waals surface area contributed by atoms with Crippen LogP contribution >= 0.6 is 0 Å². The Morgan fingerprint density at radius 1 is 1.35 bits per heavy atom. The number of hydrogen-bond donors (Lipinski definition) is 2. The normalized spacial score (nSPS) is 18.4. The van der Waals surface area contributed by atoms with Gasteiger partial charge in [0.05, 0.1) is 11.4 Å². The third kappa shape index (κ3) is 4.60. The van der Waals surface area contributed by atoms with Gasteiger partial charge >= 0.3 is 0 Å². The zero-order valence-electron chi connectivity index (χ0n) is 17.5. The van der Waals surface area contributed by atoms with E-state index in [1.807, 2.05) is 18.7 Å². The van der Waals surface area contributed by atoms with E-state index < -0.39 is 28.7 Å². The standard InChI is InChI=1S/C20H25F2N5O3S/c1-12-9-20(2,3)27(11-12)19-17(18(23)28)13(7-8-24-19)31(29,30)16-6-4-5-15(26-16)25-10-14(21)22/h4-8,12,14H,9-11H2,1-3H3,(H2,23,28)(H,25,26). The molecule has 0 aromatic carbocycles. The minimum absolute atomic E-state index is 0.0224. The number of hydrogen-bond acceptors (Lipinski definition) is 7. The molecule has 31 heavy (non-hydrogen) atoms. The van der Waals surface area contributed by atoms with Gasteiger partial charge in [0.25, 0.3) is 12.3 Å². The Balaban J connectivity index is 2.11. The summed E-state index contributed by atoms with van der Waals surface area (Å²) in [7, 11) is -4.28. The van der Waals surface area contributed by atoms with Gasteiger partial charge in [-0.2, -0.15) is 0 Å². The zero-order chi connectivity index (χ0) is 23.0. The predicted octanol–water partition coefficient (Wildman–Crippen LogP) is 2.71. The third-order valence-electron chi connectivity index (χ3n) is 5.19. The highest BCUT2D eigenvalue weighted by Crippen LogP contribution is 2.39. The topological polar surface area (TPSA) is 118 Å². The lowest BCUT2D eigenvalue weighted by atomic mass is 9.97. The van der Waals surface area contributed by atoms with E-state index >= 15 is 0 Å². The molecule has 1 fully saturated rings. The van der Waals surface area contributed by atoms with Crippen molar-refractivity contribution in [3.8, 4) is 0 Å². The van der Waals surface area contributed by atoms with Crippen LogP contribution in [0.4, 0.5) is 20.4 Å². The minimum Gasteiger partial charge on any atom is -0.365 e. The molecular weight excluding hydrogens is 428 g/mol. The van der Waals surface area contributed by atoms with Gasteiger partial charge in [-0.3, -0.25) is 4.79 Å². The highest BCUT2D eigenvalue weighted by atomic mass is 32.2. The summed E-state index contributed by atoms with van der Waals surface area (Å²) in [6, 6.07) is 5.19. The number of anilines is 2. The summed E-state index contributed by atoms with van der Waals surface area (Å²) >= 11 is 0. The number of primary amides is 1. The van der Waals surface area contributed by atoms with Crippen molar-refractivity contribution in [2.24, 2.45) is 11.7 Å². The van der Waals surface area contributed by atoms with Crippen LogP contribution in [0.25, 0.3) is 0 Å².